The van der Waals surface area contributed by atoms with Crippen LogP contribution < -0.4 is 15.0 Å². The molecule has 0 radical (unpaired) electrons. The average molecular weight is 463 g/mol. The van der Waals surface area contributed by atoms with Gasteiger partial charge in [-0.05, 0) is 62.7 Å². The second-order valence-corrected chi connectivity index (χ2v) is 7.81. The van der Waals surface area contributed by atoms with Crippen molar-refractivity contribution in [3.63, 3.8) is 0 Å². The van der Waals surface area contributed by atoms with Gasteiger partial charge in [-0.3, -0.25) is 9.59 Å². The van der Waals surface area contributed by atoms with Crippen molar-refractivity contribution in [3.8, 4) is 11.4 Å². The summed E-state index contributed by atoms with van der Waals surface area (Å²) in [6, 6.07) is 12.1. The van der Waals surface area contributed by atoms with E-state index < -0.39 is 5.97 Å². The third-order valence-electron chi connectivity index (χ3n) is 5.68. The zero-order chi connectivity index (χ0) is 24.2. The summed E-state index contributed by atoms with van der Waals surface area (Å²) in [5, 5.41) is 7.15. The van der Waals surface area contributed by atoms with E-state index in [4.69, 9.17) is 9.47 Å². The van der Waals surface area contributed by atoms with Gasteiger partial charge in [0.05, 0.1) is 37.0 Å². The molecule has 0 aliphatic carbocycles. The van der Waals surface area contributed by atoms with Gasteiger partial charge in [0, 0.05) is 24.2 Å². The summed E-state index contributed by atoms with van der Waals surface area (Å²) in [5.74, 6) is -0.0941. The van der Waals surface area contributed by atoms with Crippen LogP contribution in [0, 0.1) is 6.92 Å². The Morgan fingerprint density at radius 2 is 1.91 bits per heavy atom. The molecular weight excluding hydrogens is 436 g/mol. The number of carbonyl (C=O) groups excluding carboxylic acids is 3. The molecule has 0 saturated carbocycles. The van der Waals surface area contributed by atoms with Crippen molar-refractivity contribution in [2.45, 2.75) is 26.7 Å². The van der Waals surface area contributed by atoms with Crippen LogP contribution in [-0.2, 0) is 9.53 Å². The maximum Gasteiger partial charge on any atom is 0.341 e. The van der Waals surface area contributed by atoms with Crippen molar-refractivity contribution < 1.29 is 23.9 Å². The van der Waals surface area contributed by atoms with Crippen LogP contribution in [0.3, 0.4) is 0 Å². The van der Waals surface area contributed by atoms with Crippen LogP contribution in [0.1, 0.15) is 46.2 Å². The van der Waals surface area contributed by atoms with E-state index in [0.29, 0.717) is 52.6 Å². The van der Waals surface area contributed by atoms with E-state index in [1.54, 1.807) is 73.0 Å². The minimum Gasteiger partial charge on any atom is -0.495 e. The Labute approximate surface area is 197 Å². The molecule has 34 heavy (non-hydrogen) atoms. The molecule has 0 spiro atoms. The fourth-order valence-electron chi connectivity index (χ4n) is 3.92. The maximum atomic E-state index is 12.8. The van der Waals surface area contributed by atoms with Crippen LogP contribution in [0.2, 0.25) is 0 Å². The molecule has 2 amide bonds. The van der Waals surface area contributed by atoms with Gasteiger partial charge in [-0.15, -0.1) is 0 Å². The minimum absolute atomic E-state index is 0.0393. The van der Waals surface area contributed by atoms with E-state index in [9.17, 15) is 14.4 Å². The molecular formula is C25H26N4O5. The van der Waals surface area contributed by atoms with Crippen LogP contribution in [0.5, 0.6) is 5.75 Å². The highest BCUT2D eigenvalue weighted by atomic mass is 16.5. The molecule has 1 aliphatic heterocycles. The lowest BCUT2D eigenvalue weighted by Gasteiger charge is -2.20. The van der Waals surface area contributed by atoms with Gasteiger partial charge in [-0.1, -0.05) is 0 Å². The molecule has 1 N–H and O–H groups in total. The fraction of sp³-hybridized carbons (Fsp3) is 0.280. The number of nitrogens with one attached hydrogen (secondary N) is 1. The summed E-state index contributed by atoms with van der Waals surface area (Å²) < 4.78 is 12.1. The molecule has 0 unspecified atom stereocenters. The van der Waals surface area contributed by atoms with Crippen molar-refractivity contribution in [2.24, 2.45) is 0 Å². The Morgan fingerprint density at radius 3 is 2.56 bits per heavy atom. The first kappa shape index (κ1) is 23.0. The highest BCUT2D eigenvalue weighted by Gasteiger charge is 2.25. The molecule has 1 saturated heterocycles. The second kappa shape index (κ2) is 9.78. The number of rotatable bonds is 7. The standard InChI is InChI=1S/C25H26N4O5/c1-4-34-25(32)20-15-26-29(16(20)2)19-10-7-17(8-11-19)24(31)27-18-9-12-22(33-3)21(14-18)28-13-5-6-23(28)30/h7-12,14-15H,4-6,13H2,1-3H3,(H,27,31). The van der Waals surface area contributed by atoms with Gasteiger partial charge in [-0.2, -0.15) is 5.10 Å². The highest BCUT2D eigenvalue weighted by molar-refractivity contribution is 6.05. The van der Waals surface area contributed by atoms with Gasteiger partial charge in [0.1, 0.15) is 11.3 Å². The summed E-state index contributed by atoms with van der Waals surface area (Å²) in [6.45, 7) is 4.45. The molecule has 1 fully saturated rings. The van der Waals surface area contributed by atoms with E-state index in [1.807, 2.05) is 0 Å². The predicted molar refractivity (Wildman–Crippen MR) is 127 cm³/mol. The number of nitrogens with zero attached hydrogens (tertiary/aromatic N) is 3. The molecule has 1 aliphatic rings. The lowest BCUT2D eigenvalue weighted by atomic mass is 10.1. The number of amides is 2. The zero-order valence-electron chi connectivity index (χ0n) is 19.3. The van der Waals surface area contributed by atoms with E-state index >= 15 is 0 Å². The van der Waals surface area contributed by atoms with Crippen molar-refractivity contribution >= 4 is 29.2 Å². The smallest absolute Gasteiger partial charge is 0.341 e. The van der Waals surface area contributed by atoms with E-state index in [-0.39, 0.29) is 18.4 Å². The van der Waals surface area contributed by atoms with Gasteiger partial charge in [0.15, 0.2) is 0 Å². The van der Waals surface area contributed by atoms with Crippen molar-refractivity contribution in [1.82, 2.24) is 9.78 Å². The third kappa shape index (κ3) is 4.50. The van der Waals surface area contributed by atoms with Crippen LogP contribution in [0.15, 0.2) is 48.7 Å². The molecule has 9 nitrogen and oxygen atoms in total. The second-order valence-electron chi connectivity index (χ2n) is 7.81. The Balaban J connectivity index is 1.51. The number of anilines is 2. The normalized spacial score (nSPS) is 13.1. The number of ether oxygens (including phenoxy) is 2. The monoisotopic (exact) mass is 462 g/mol. The molecule has 9 heteroatoms. The van der Waals surface area contributed by atoms with E-state index in [1.165, 1.54) is 6.20 Å². The molecule has 1 aromatic heterocycles. The molecule has 4 rings (SSSR count). The molecule has 0 atom stereocenters. The number of benzene rings is 2. The molecule has 3 aromatic rings. The quantitative estimate of drug-likeness (QED) is 0.537. The van der Waals surface area contributed by atoms with Gasteiger partial charge >= 0.3 is 5.97 Å². The summed E-state index contributed by atoms with van der Waals surface area (Å²) in [7, 11) is 1.55. The van der Waals surface area contributed by atoms with Gasteiger partial charge < -0.3 is 19.7 Å². The lowest BCUT2D eigenvalue weighted by Crippen LogP contribution is -2.24. The van der Waals surface area contributed by atoms with E-state index in [2.05, 4.69) is 10.4 Å². The zero-order valence-corrected chi connectivity index (χ0v) is 19.3. The van der Waals surface area contributed by atoms with Crippen LogP contribution >= 0.6 is 0 Å². The number of hydrogen-bond donors (Lipinski definition) is 1. The fourth-order valence-corrected chi connectivity index (χ4v) is 3.92. The Bertz CT molecular complexity index is 1230. The van der Waals surface area contributed by atoms with Crippen molar-refractivity contribution in [3.05, 3.63) is 65.5 Å². The van der Waals surface area contributed by atoms with Crippen molar-refractivity contribution in [2.75, 3.05) is 30.5 Å². The number of esters is 1. The summed E-state index contributed by atoms with van der Waals surface area (Å²) in [4.78, 5) is 38.7. The molecule has 2 heterocycles. The Hall–Kier alpha value is -4.14. The maximum absolute atomic E-state index is 12.8. The largest absolute Gasteiger partial charge is 0.495 e. The number of hydrogen-bond acceptors (Lipinski definition) is 6. The first-order chi connectivity index (χ1) is 16.4. The van der Waals surface area contributed by atoms with Crippen molar-refractivity contribution in [1.29, 1.82) is 0 Å². The Kier molecular flexibility index (Phi) is 6.62. The summed E-state index contributed by atoms with van der Waals surface area (Å²) >= 11 is 0. The SMILES string of the molecule is CCOC(=O)c1cnn(-c2ccc(C(=O)Nc3ccc(OC)c(N4CCCC4=O)c3)cc2)c1C. The molecule has 176 valence electrons. The van der Waals surface area contributed by atoms with Crippen LogP contribution in [0.25, 0.3) is 5.69 Å². The number of aromatic nitrogens is 2. The first-order valence-corrected chi connectivity index (χ1v) is 11.0. The summed E-state index contributed by atoms with van der Waals surface area (Å²) in [6.07, 6.45) is 2.77. The van der Waals surface area contributed by atoms with E-state index in [0.717, 1.165) is 6.42 Å². The van der Waals surface area contributed by atoms with Crippen LogP contribution in [-0.4, -0.2) is 47.8 Å². The third-order valence-corrected chi connectivity index (χ3v) is 5.68. The Morgan fingerprint density at radius 1 is 1.15 bits per heavy atom. The minimum atomic E-state index is -0.420. The predicted octanol–water partition coefficient (Wildman–Crippen LogP) is 3.75. The van der Waals surface area contributed by atoms with Gasteiger partial charge in [0.2, 0.25) is 5.91 Å². The number of methoxy groups -OCH3 is 1. The highest BCUT2D eigenvalue weighted by Crippen LogP contribution is 2.34. The average Bonchev–Trinajstić information content (AvgIpc) is 3.44. The van der Waals surface area contributed by atoms with Crippen LogP contribution in [0.4, 0.5) is 11.4 Å². The molecule has 0 bridgehead atoms. The first-order valence-electron chi connectivity index (χ1n) is 11.0. The molecule has 2 aromatic carbocycles. The summed E-state index contributed by atoms with van der Waals surface area (Å²) in [5.41, 5.74) is 3.42. The number of carbonyl (C=O) groups is 3. The van der Waals surface area contributed by atoms with Gasteiger partial charge in [0.25, 0.3) is 5.91 Å². The topological polar surface area (TPSA) is 103 Å². The van der Waals surface area contributed by atoms with Gasteiger partial charge in [-0.25, -0.2) is 9.48 Å². The lowest BCUT2D eigenvalue weighted by molar-refractivity contribution is -0.117.